The maximum Gasteiger partial charge on any atom is 0.270 e. The van der Waals surface area contributed by atoms with E-state index >= 15 is 0 Å². The van der Waals surface area contributed by atoms with E-state index in [1.165, 1.54) is 12.1 Å². The van der Waals surface area contributed by atoms with E-state index in [9.17, 15) is 9.18 Å². The molecule has 2 rings (SSSR count). The zero-order valence-electron chi connectivity index (χ0n) is 10.1. The molecule has 0 saturated heterocycles. The molecule has 0 aliphatic heterocycles. The van der Waals surface area contributed by atoms with Crippen molar-refractivity contribution in [3.63, 3.8) is 0 Å². The summed E-state index contributed by atoms with van der Waals surface area (Å²) in [6.07, 6.45) is 0. The molecule has 0 bridgehead atoms. The summed E-state index contributed by atoms with van der Waals surface area (Å²) in [5.41, 5.74) is 3.29. The number of rotatable bonds is 4. The summed E-state index contributed by atoms with van der Waals surface area (Å²) in [5.74, 6) is 4.94. The number of carbonyl (C=O) groups is 1. The van der Waals surface area contributed by atoms with Crippen LogP contribution in [0.4, 0.5) is 10.2 Å². The Kier molecular flexibility index (Phi) is 4.04. The monoisotopic (exact) mass is 260 g/mol. The van der Waals surface area contributed by atoms with E-state index in [1.807, 2.05) is 0 Å². The summed E-state index contributed by atoms with van der Waals surface area (Å²) in [6, 6.07) is 10.9. The number of halogens is 1. The van der Waals surface area contributed by atoms with Crippen molar-refractivity contribution < 1.29 is 9.18 Å². The first kappa shape index (κ1) is 13.0. The number of nitrogen functional groups attached to an aromatic ring is 1. The number of carbonyl (C=O) groups excluding carboxylic acids is 1. The number of nitrogens with zero attached hydrogens (tertiary/aromatic N) is 1. The lowest BCUT2D eigenvalue weighted by Crippen LogP contribution is -2.24. The number of benzene rings is 1. The molecule has 0 radical (unpaired) electrons. The molecule has 6 heteroatoms. The van der Waals surface area contributed by atoms with Crippen LogP contribution in [0.25, 0.3) is 0 Å². The lowest BCUT2D eigenvalue weighted by atomic mass is 10.2. The molecule has 0 saturated carbocycles. The fourth-order valence-electron chi connectivity index (χ4n) is 1.56. The van der Waals surface area contributed by atoms with Crippen LogP contribution < -0.4 is 16.6 Å². The van der Waals surface area contributed by atoms with Gasteiger partial charge in [-0.15, -0.1) is 0 Å². The molecule has 0 fully saturated rings. The van der Waals surface area contributed by atoms with Crippen molar-refractivity contribution >= 4 is 11.7 Å². The molecule has 0 unspecified atom stereocenters. The van der Waals surface area contributed by atoms with Crippen molar-refractivity contribution in [1.29, 1.82) is 0 Å². The van der Waals surface area contributed by atoms with E-state index in [1.54, 1.807) is 30.3 Å². The number of hydrogen-bond donors (Lipinski definition) is 3. The minimum absolute atomic E-state index is 0.235. The number of amides is 1. The van der Waals surface area contributed by atoms with Crippen LogP contribution in [-0.2, 0) is 6.54 Å². The van der Waals surface area contributed by atoms with Gasteiger partial charge in [0.05, 0.1) is 0 Å². The Bertz CT molecular complexity index is 588. The van der Waals surface area contributed by atoms with Crippen LogP contribution >= 0.6 is 0 Å². The highest BCUT2D eigenvalue weighted by Crippen LogP contribution is 2.05. The van der Waals surface area contributed by atoms with E-state index < -0.39 is 0 Å². The maximum absolute atomic E-state index is 13.0. The Morgan fingerprint density at radius 3 is 2.79 bits per heavy atom. The third-order valence-electron chi connectivity index (χ3n) is 2.47. The highest BCUT2D eigenvalue weighted by molar-refractivity contribution is 5.92. The third kappa shape index (κ3) is 3.49. The van der Waals surface area contributed by atoms with Crippen molar-refractivity contribution in [2.45, 2.75) is 6.54 Å². The molecule has 98 valence electrons. The van der Waals surface area contributed by atoms with Gasteiger partial charge in [-0.1, -0.05) is 18.2 Å². The van der Waals surface area contributed by atoms with Crippen LogP contribution in [0, 0.1) is 5.82 Å². The average Bonchev–Trinajstić information content (AvgIpc) is 2.45. The summed E-state index contributed by atoms with van der Waals surface area (Å²) >= 11 is 0. The van der Waals surface area contributed by atoms with Gasteiger partial charge in [0, 0.05) is 6.54 Å². The van der Waals surface area contributed by atoms with E-state index in [4.69, 9.17) is 5.84 Å². The summed E-state index contributed by atoms with van der Waals surface area (Å²) in [5, 5.41) is 2.66. The number of hydrazine groups is 1. The number of nitrogens with two attached hydrogens (primary N) is 1. The Labute approximate surface area is 109 Å². The second-order valence-corrected chi connectivity index (χ2v) is 3.87. The first-order valence-corrected chi connectivity index (χ1v) is 5.65. The highest BCUT2D eigenvalue weighted by Gasteiger charge is 2.07. The summed E-state index contributed by atoms with van der Waals surface area (Å²) in [4.78, 5) is 15.8. The first-order valence-electron chi connectivity index (χ1n) is 5.65. The fourth-order valence-corrected chi connectivity index (χ4v) is 1.56. The van der Waals surface area contributed by atoms with Crippen LogP contribution in [0.5, 0.6) is 0 Å². The highest BCUT2D eigenvalue weighted by atomic mass is 19.1. The molecular weight excluding hydrogens is 247 g/mol. The van der Waals surface area contributed by atoms with Gasteiger partial charge in [0.15, 0.2) is 0 Å². The van der Waals surface area contributed by atoms with Crippen molar-refractivity contribution in [2.24, 2.45) is 5.84 Å². The van der Waals surface area contributed by atoms with Crippen LogP contribution in [0.2, 0.25) is 0 Å². The Morgan fingerprint density at radius 1 is 1.26 bits per heavy atom. The van der Waals surface area contributed by atoms with E-state index in [2.05, 4.69) is 15.7 Å². The molecule has 2 aromatic rings. The molecule has 0 aliphatic rings. The van der Waals surface area contributed by atoms with Gasteiger partial charge in [-0.25, -0.2) is 15.2 Å². The molecule has 0 aliphatic carbocycles. The first-order chi connectivity index (χ1) is 9.19. The zero-order valence-corrected chi connectivity index (χ0v) is 10.1. The lowest BCUT2D eigenvalue weighted by Gasteiger charge is -2.06. The molecule has 1 amide bonds. The second kappa shape index (κ2) is 5.92. The number of pyridine rings is 1. The SMILES string of the molecule is NNc1cccc(C(=O)NCc2cccc(F)c2)n1. The van der Waals surface area contributed by atoms with Gasteiger partial charge in [-0.3, -0.25) is 4.79 Å². The average molecular weight is 260 g/mol. The van der Waals surface area contributed by atoms with Gasteiger partial charge >= 0.3 is 0 Å². The van der Waals surface area contributed by atoms with Crippen LogP contribution in [0.15, 0.2) is 42.5 Å². The lowest BCUT2D eigenvalue weighted by molar-refractivity contribution is 0.0946. The quantitative estimate of drug-likeness (QED) is 0.574. The van der Waals surface area contributed by atoms with E-state index in [0.29, 0.717) is 11.4 Å². The molecule has 0 spiro atoms. The molecule has 1 aromatic heterocycles. The molecule has 1 aromatic carbocycles. The van der Waals surface area contributed by atoms with Crippen molar-refractivity contribution in [3.05, 3.63) is 59.5 Å². The minimum Gasteiger partial charge on any atom is -0.347 e. The van der Waals surface area contributed by atoms with Crippen molar-refractivity contribution in [1.82, 2.24) is 10.3 Å². The zero-order chi connectivity index (χ0) is 13.7. The van der Waals surface area contributed by atoms with Crippen molar-refractivity contribution in [3.8, 4) is 0 Å². The predicted octanol–water partition coefficient (Wildman–Crippen LogP) is 1.44. The minimum atomic E-state index is -0.346. The Hall–Kier alpha value is -2.47. The predicted molar refractivity (Wildman–Crippen MR) is 69.6 cm³/mol. The smallest absolute Gasteiger partial charge is 0.270 e. The van der Waals surface area contributed by atoms with E-state index in [0.717, 1.165) is 0 Å². The largest absolute Gasteiger partial charge is 0.347 e. The number of anilines is 1. The van der Waals surface area contributed by atoms with Crippen LogP contribution in [0.1, 0.15) is 16.1 Å². The standard InChI is InChI=1S/C13H13FN4O/c14-10-4-1-3-9(7-10)8-16-13(19)11-5-2-6-12(17-11)18-15/h1-7H,8,15H2,(H,16,19)(H,17,18). The van der Waals surface area contributed by atoms with Gasteiger partial charge < -0.3 is 10.7 Å². The van der Waals surface area contributed by atoms with Gasteiger partial charge in [0.25, 0.3) is 5.91 Å². The molecule has 0 atom stereocenters. The number of hydrogen-bond acceptors (Lipinski definition) is 4. The number of nitrogens with one attached hydrogen (secondary N) is 2. The molecule has 4 N–H and O–H groups in total. The van der Waals surface area contributed by atoms with Crippen molar-refractivity contribution in [2.75, 3.05) is 5.43 Å². The third-order valence-corrected chi connectivity index (χ3v) is 2.47. The topological polar surface area (TPSA) is 80.0 Å². The molecular formula is C13H13FN4O. The van der Waals surface area contributed by atoms with Crippen LogP contribution in [-0.4, -0.2) is 10.9 Å². The molecule has 1 heterocycles. The second-order valence-electron chi connectivity index (χ2n) is 3.87. The Balaban J connectivity index is 2.01. The summed E-state index contributed by atoms with van der Waals surface area (Å²) in [7, 11) is 0. The summed E-state index contributed by atoms with van der Waals surface area (Å²) in [6.45, 7) is 0.235. The molecule has 19 heavy (non-hydrogen) atoms. The fraction of sp³-hybridized carbons (Fsp3) is 0.0769. The Morgan fingerprint density at radius 2 is 2.05 bits per heavy atom. The number of aromatic nitrogens is 1. The van der Waals surface area contributed by atoms with Crippen LogP contribution in [0.3, 0.4) is 0 Å². The van der Waals surface area contributed by atoms with Gasteiger partial charge in [-0.2, -0.15) is 0 Å². The van der Waals surface area contributed by atoms with Gasteiger partial charge in [0.1, 0.15) is 17.3 Å². The van der Waals surface area contributed by atoms with Gasteiger partial charge in [0.2, 0.25) is 0 Å². The molecule has 5 nitrogen and oxygen atoms in total. The van der Waals surface area contributed by atoms with Gasteiger partial charge in [-0.05, 0) is 29.8 Å². The van der Waals surface area contributed by atoms with E-state index in [-0.39, 0.29) is 24.0 Å². The normalized spacial score (nSPS) is 10.0. The summed E-state index contributed by atoms with van der Waals surface area (Å²) < 4.78 is 13.0. The maximum atomic E-state index is 13.0.